The predicted octanol–water partition coefficient (Wildman–Crippen LogP) is 5.24. The van der Waals surface area contributed by atoms with Crippen LogP contribution >= 0.6 is 0 Å². The van der Waals surface area contributed by atoms with Crippen LogP contribution in [0.15, 0.2) is 42.5 Å². The van der Waals surface area contributed by atoms with Gasteiger partial charge in [0.15, 0.2) is 0 Å². The normalized spacial score (nSPS) is 11.0. The van der Waals surface area contributed by atoms with E-state index in [1.807, 2.05) is 33.8 Å². The summed E-state index contributed by atoms with van der Waals surface area (Å²) in [6.07, 6.45) is 0.285. The van der Waals surface area contributed by atoms with Gasteiger partial charge in [0, 0.05) is 6.07 Å². The van der Waals surface area contributed by atoms with Gasteiger partial charge in [-0.1, -0.05) is 24.3 Å². The van der Waals surface area contributed by atoms with Crippen LogP contribution in [0.25, 0.3) is 11.1 Å². The average Bonchev–Trinajstić information content (AvgIpc) is 2.37. The number of aryl methyl sites for hydroxylation is 1. The maximum Gasteiger partial charge on any atom is 0.123 e. The van der Waals surface area contributed by atoms with Gasteiger partial charge in [-0.25, -0.2) is 0 Å². The van der Waals surface area contributed by atoms with E-state index in [0.717, 1.165) is 17.1 Å². The molecule has 0 bridgehead atoms. The molecule has 2 heteroatoms. The molecule has 112 valence electrons. The Morgan fingerprint density at radius 3 is 1.76 bits per heavy atom. The van der Waals surface area contributed by atoms with Crippen molar-refractivity contribution in [2.45, 2.75) is 46.8 Å². The third-order valence-electron chi connectivity index (χ3n) is 3.08. The zero-order valence-corrected chi connectivity index (χ0v) is 13.5. The molecule has 0 heterocycles. The molecule has 0 aliphatic carbocycles. The summed E-state index contributed by atoms with van der Waals surface area (Å²) in [7, 11) is 0. The molecule has 0 fully saturated rings. The Hall–Kier alpha value is -1.96. The minimum absolute atomic E-state index is 0.143. The fourth-order valence-electron chi connectivity index (χ4n) is 2.30. The van der Waals surface area contributed by atoms with Crippen LogP contribution in [0.3, 0.4) is 0 Å². The Bertz CT molecular complexity index is 572. The van der Waals surface area contributed by atoms with Crippen molar-refractivity contribution < 1.29 is 9.47 Å². The molecule has 2 aromatic rings. The van der Waals surface area contributed by atoms with Crippen LogP contribution in [0.4, 0.5) is 0 Å². The molecule has 0 saturated heterocycles. The zero-order valence-electron chi connectivity index (χ0n) is 13.5. The number of hydrogen-bond acceptors (Lipinski definition) is 2. The highest BCUT2D eigenvalue weighted by Crippen LogP contribution is 2.32. The first-order valence-electron chi connectivity index (χ1n) is 7.50. The fraction of sp³-hybridized carbons (Fsp3) is 0.368. The SMILES string of the molecule is Cc1ccccc1-c1cc(OC(C)C)cc(OC(C)C)c1. The van der Waals surface area contributed by atoms with Crippen LogP contribution in [0.1, 0.15) is 33.3 Å². The minimum Gasteiger partial charge on any atom is -0.491 e. The fourth-order valence-corrected chi connectivity index (χ4v) is 2.30. The number of rotatable bonds is 5. The first-order valence-corrected chi connectivity index (χ1v) is 7.50. The van der Waals surface area contributed by atoms with Crippen LogP contribution in [0.5, 0.6) is 11.5 Å². The molecule has 0 unspecified atom stereocenters. The first kappa shape index (κ1) is 15.4. The lowest BCUT2D eigenvalue weighted by atomic mass is 10.0. The summed E-state index contributed by atoms with van der Waals surface area (Å²) in [6, 6.07) is 14.5. The van der Waals surface area contributed by atoms with Crippen LogP contribution < -0.4 is 9.47 Å². The number of benzene rings is 2. The molecule has 2 nitrogen and oxygen atoms in total. The molecule has 2 rings (SSSR count). The monoisotopic (exact) mass is 284 g/mol. The Morgan fingerprint density at radius 2 is 1.29 bits per heavy atom. The van der Waals surface area contributed by atoms with E-state index in [9.17, 15) is 0 Å². The second-order valence-corrected chi connectivity index (χ2v) is 5.84. The quantitative estimate of drug-likeness (QED) is 0.748. The molecule has 0 amide bonds. The maximum atomic E-state index is 5.86. The van der Waals surface area contributed by atoms with Crippen molar-refractivity contribution >= 4 is 0 Å². The Labute approximate surface area is 127 Å². The van der Waals surface area contributed by atoms with Crippen LogP contribution in [-0.2, 0) is 0 Å². The minimum atomic E-state index is 0.143. The lowest BCUT2D eigenvalue weighted by Gasteiger charge is -2.16. The Balaban J connectivity index is 2.46. The van der Waals surface area contributed by atoms with Gasteiger partial charge in [-0.2, -0.15) is 0 Å². The topological polar surface area (TPSA) is 18.5 Å². The molecular weight excluding hydrogens is 260 g/mol. The van der Waals surface area contributed by atoms with Crippen molar-refractivity contribution in [2.75, 3.05) is 0 Å². The molecule has 21 heavy (non-hydrogen) atoms. The average molecular weight is 284 g/mol. The van der Waals surface area contributed by atoms with E-state index in [2.05, 4.69) is 43.3 Å². The molecule has 0 radical (unpaired) electrons. The largest absolute Gasteiger partial charge is 0.491 e. The van der Waals surface area contributed by atoms with Crippen molar-refractivity contribution in [1.29, 1.82) is 0 Å². The van der Waals surface area contributed by atoms with Gasteiger partial charge in [-0.05, 0) is 63.4 Å². The third-order valence-corrected chi connectivity index (χ3v) is 3.08. The van der Waals surface area contributed by atoms with Gasteiger partial charge >= 0.3 is 0 Å². The van der Waals surface area contributed by atoms with E-state index in [1.54, 1.807) is 0 Å². The molecule has 0 saturated carbocycles. The summed E-state index contributed by atoms with van der Waals surface area (Å²) in [5.74, 6) is 1.70. The molecule has 2 aromatic carbocycles. The summed E-state index contributed by atoms with van der Waals surface area (Å²) in [6.45, 7) is 10.2. The second-order valence-electron chi connectivity index (χ2n) is 5.84. The van der Waals surface area contributed by atoms with Crippen LogP contribution in [0, 0.1) is 6.92 Å². The lowest BCUT2D eigenvalue weighted by molar-refractivity contribution is 0.229. The van der Waals surface area contributed by atoms with Gasteiger partial charge in [0.05, 0.1) is 12.2 Å². The lowest BCUT2D eigenvalue weighted by Crippen LogP contribution is -2.08. The second kappa shape index (κ2) is 6.66. The highest BCUT2D eigenvalue weighted by atomic mass is 16.5. The molecule has 0 aliphatic rings. The van der Waals surface area contributed by atoms with E-state index < -0.39 is 0 Å². The molecular formula is C19H24O2. The van der Waals surface area contributed by atoms with Crippen molar-refractivity contribution in [3.05, 3.63) is 48.0 Å². The zero-order chi connectivity index (χ0) is 15.4. The summed E-state index contributed by atoms with van der Waals surface area (Å²) in [4.78, 5) is 0. The van der Waals surface area contributed by atoms with E-state index in [0.29, 0.717) is 0 Å². The van der Waals surface area contributed by atoms with E-state index in [1.165, 1.54) is 11.1 Å². The van der Waals surface area contributed by atoms with Crippen molar-refractivity contribution in [3.8, 4) is 22.6 Å². The summed E-state index contributed by atoms with van der Waals surface area (Å²) >= 11 is 0. The summed E-state index contributed by atoms with van der Waals surface area (Å²) in [5, 5.41) is 0. The smallest absolute Gasteiger partial charge is 0.123 e. The van der Waals surface area contributed by atoms with Crippen LogP contribution in [-0.4, -0.2) is 12.2 Å². The number of ether oxygens (including phenoxy) is 2. The Kier molecular flexibility index (Phi) is 4.89. The van der Waals surface area contributed by atoms with Crippen molar-refractivity contribution in [3.63, 3.8) is 0 Å². The van der Waals surface area contributed by atoms with Crippen molar-refractivity contribution in [2.24, 2.45) is 0 Å². The van der Waals surface area contributed by atoms with Crippen LogP contribution in [0.2, 0.25) is 0 Å². The Morgan fingerprint density at radius 1 is 0.762 bits per heavy atom. The summed E-state index contributed by atoms with van der Waals surface area (Å²) < 4.78 is 11.7. The predicted molar refractivity (Wildman–Crippen MR) is 88.1 cm³/mol. The van der Waals surface area contributed by atoms with Gasteiger partial charge < -0.3 is 9.47 Å². The highest BCUT2D eigenvalue weighted by Gasteiger charge is 2.09. The number of hydrogen-bond donors (Lipinski definition) is 0. The van der Waals surface area contributed by atoms with Gasteiger partial charge in [-0.15, -0.1) is 0 Å². The molecule has 0 spiro atoms. The third kappa shape index (κ3) is 4.25. The van der Waals surface area contributed by atoms with E-state index >= 15 is 0 Å². The maximum absolute atomic E-state index is 5.86. The van der Waals surface area contributed by atoms with Gasteiger partial charge in [-0.3, -0.25) is 0 Å². The highest BCUT2D eigenvalue weighted by molar-refractivity contribution is 5.70. The van der Waals surface area contributed by atoms with Gasteiger partial charge in [0.1, 0.15) is 11.5 Å². The molecule has 0 atom stereocenters. The summed E-state index contributed by atoms with van der Waals surface area (Å²) in [5.41, 5.74) is 3.58. The standard InChI is InChI=1S/C19H24O2/c1-13(2)20-17-10-16(11-18(12-17)21-14(3)4)19-9-7-6-8-15(19)5/h6-14H,1-5H3. The molecule has 0 N–H and O–H groups in total. The van der Waals surface area contributed by atoms with E-state index in [-0.39, 0.29) is 12.2 Å². The molecule has 0 aromatic heterocycles. The first-order chi connectivity index (χ1) is 9.95. The van der Waals surface area contributed by atoms with Gasteiger partial charge in [0.2, 0.25) is 0 Å². The molecule has 0 aliphatic heterocycles. The van der Waals surface area contributed by atoms with Gasteiger partial charge in [0.25, 0.3) is 0 Å². The van der Waals surface area contributed by atoms with Crippen molar-refractivity contribution in [1.82, 2.24) is 0 Å². The van der Waals surface area contributed by atoms with E-state index in [4.69, 9.17) is 9.47 Å².